The summed E-state index contributed by atoms with van der Waals surface area (Å²) >= 11 is 0. The highest BCUT2D eigenvalue weighted by Crippen LogP contribution is 2.18. The second-order valence-corrected chi connectivity index (χ2v) is 6.27. The lowest BCUT2D eigenvalue weighted by molar-refractivity contribution is -0.115. The van der Waals surface area contributed by atoms with Gasteiger partial charge in [-0.2, -0.15) is 15.0 Å². The van der Waals surface area contributed by atoms with Crippen molar-refractivity contribution in [3.63, 3.8) is 0 Å². The average Bonchev–Trinajstić information content (AvgIpc) is 3.16. The topological polar surface area (TPSA) is 77.6 Å². The first kappa shape index (κ1) is 16.9. The van der Waals surface area contributed by atoms with Gasteiger partial charge in [0, 0.05) is 11.3 Å². The molecular weight excluding hydrogens is 316 g/mol. The fourth-order valence-electron chi connectivity index (χ4n) is 2.68. The van der Waals surface area contributed by atoms with Crippen molar-refractivity contribution in [1.82, 2.24) is 24.8 Å². The van der Waals surface area contributed by atoms with Crippen LogP contribution in [-0.4, -0.2) is 30.7 Å². The van der Waals surface area contributed by atoms with Gasteiger partial charge in [-0.1, -0.05) is 18.2 Å². The first-order chi connectivity index (χ1) is 12.0. The van der Waals surface area contributed by atoms with Gasteiger partial charge in [-0.3, -0.25) is 4.79 Å². The molecule has 0 spiro atoms. The average molecular weight is 338 g/mol. The van der Waals surface area contributed by atoms with E-state index in [1.807, 2.05) is 62.7 Å². The zero-order chi connectivity index (χ0) is 18.0. The van der Waals surface area contributed by atoms with Crippen LogP contribution in [-0.2, 0) is 11.2 Å². The molecule has 0 saturated heterocycles. The third kappa shape index (κ3) is 3.60. The van der Waals surface area contributed by atoms with Gasteiger partial charge in [0.05, 0.1) is 30.0 Å². The molecule has 2 heterocycles. The maximum atomic E-state index is 12.4. The minimum absolute atomic E-state index is 0.130. The predicted molar refractivity (Wildman–Crippen MR) is 95.8 cm³/mol. The molecule has 1 aromatic carbocycles. The van der Waals surface area contributed by atoms with E-state index in [1.165, 1.54) is 0 Å². The van der Waals surface area contributed by atoms with Crippen LogP contribution in [0.3, 0.4) is 0 Å². The normalized spacial score (nSPS) is 11.1. The standard InChI is InChI=1S/C18H22N6O/c1-12(2)24-19-11-17(22-24)20-18(25)10-16-13(3)21-23(14(16)4)15-8-6-5-7-9-15/h5-9,11-12H,10H2,1-4H3,(H,20,22,25). The van der Waals surface area contributed by atoms with Crippen LogP contribution in [0, 0.1) is 13.8 Å². The first-order valence-electron chi connectivity index (χ1n) is 8.28. The maximum Gasteiger partial charge on any atom is 0.230 e. The van der Waals surface area contributed by atoms with Gasteiger partial charge in [0.15, 0.2) is 5.82 Å². The molecule has 130 valence electrons. The van der Waals surface area contributed by atoms with Crippen LogP contribution in [0.2, 0.25) is 0 Å². The Balaban J connectivity index is 1.76. The summed E-state index contributed by atoms with van der Waals surface area (Å²) in [5.74, 6) is 0.332. The highest BCUT2D eigenvalue weighted by molar-refractivity contribution is 5.91. The molecule has 1 N–H and O–H groups in total. The van der Waals surface area contributed by atoms with Gasteiger partial charge in [0.2, 0.25) is 5.91 Å². The van der Waals surface area contributed by atoms with Crippen LogP contribution in [0.5, 0.6) is 0 Å². The number of aromatic nitrogens is 5. The van der Waals surface area contributed by atoms with Gasteiger partial charge in [-0.15, -0.1) is 5.10 Å². The minimum Gasteiger partial charge on any atom is -0.308 e. The number of aryl methyl sites for hydroxylation is 1. The Hall–Kier alpha value is -2.96. The summed E-state index contributed by atoms with van der Waals surface area (Å²) in [6.07, 6.45) is 1.81. The number of nitrogens with one attached hydrogen (secondary N) is 1. The molecule has 0 aliphatic heterocycles. The number of carbonyl (C=O) groups is 1. The number of benzene rings is 1. The number of amides is 1. The van der Waals surface area contributed by atoms with E-state index >= 15 is 0 Å². The molecule has 0 fully saturated rings. The fraction of sp³-hybridized carbons (Fsp3) is 0.333. The Morgan fingerprint density at radius 2 is 1.88 bits per heavy atom. The van der Waals surface area contributed by atoms with E-state index in [9.17, 15) is 4.79 Å². The number of hydrogen-bond acceptors (Lipinski definition) is 4. The van der Waals surface area contributed by atoms with Crippen LogP contribution >= 0.6 is 0 Å². The summed E-state index contributed by atoms with van der Waals surface area (Å²) in [5, 5.41) is 15.7. The smallest absolute Gasteiger partial charge is 0.230 e. The van der Waals surface area contributed by atoms with E-state index in [4.69, 9.17) is 0 Å². The van der Waals surface area contributed by atoms with Gasteiger partial charge in [-0.05, 0) is 39.8 Å². The third-order valence-electron chi connectivity index (χ3n) is 4.02. The number of hydrogen-bond donors (Lipinski definition) is 1. The lowest BCUT2D eigenvalue weighted by Gasteiger charge is -2.05. The van der Waals surface area contributed by atoms with Crippen LogP contribution in [0.15, 0.2) is 36.5 Å². The summed E-state index contributed by atoms with van der Waals surface area (Å²) in [6, 6.07) is 10.0. The molecule has 0 unspecified atom stereocenters. The fourth-order valence-corrected chi connectivity index (χ4v) is 2.68. The third-order valence-corrected chi connectivity index (χ3v) is 4.02. The van der Waals surface area contributed by atoms with E-state index in [0.29, 0.717) is 5.82 Å². The number of para-hydroxylation sites is 1. The second kappa shape index (κ2) is 6.88. The van der Waals surface area contributed by atoms with Crippen molar-refractivity contribution in [3.8, 4) is 5.69 Å². The molecular formula is C18H22N6O. The summed E-state index contributed by atoms with van der Waals surface area (Å²) in [5.41, 5.74) is 3.72. The van der Waals surface area contributed by atoms with Crippen molar-refractivity contribution in [2.75, 3.05) is 5.32 Å². The summed E-state index contributed by atoms with van der Waals surface area (Å²) in [4.78, 5) is 14.0. The number of rotatable bonds is 5. The zero-order valence-electron chi connectivity index (χ0n) is 14.9. The first-order valence-corrected chi connectivity index (χ1v) is 8.28. The Labute approximate surface area is 146 Å². The van der Waals surface area contributed by atoms with E-state index in [2.05, 4.69) is 20.6 Å². The molecule has 0 atom stereocenters. The van der Waals surface area contributed by atoms with Crippen molar-refractivity contribution >= 4 is 11.7 Å². The van der Waals surface area contributed by atoms with Crippen molar-refractivity contribution in [2.45, 2.75) is 40.2 Å². The van der Waals surface area contributed by atoms with Gasteiger partial charge in [0.25, 0.3) is 0 Å². The lowest BCUT2D eigenvalue weighted by atomic mass is 10.1. The largest absolute Gasteiger partial charge is 0.308 e. The summed E-state index contributed by atoms with van der Waals surface area (Å²) in [7, 11) is 0. The van der Waals surface area contributed by atoms with Gasteiger partial charge in [-0.25, -0.2) is 4.68 Å². The Bertz CT molecular complexity index is 878. The highest BCUT2D eigenvalue weighted by atomic mass is 16.1. The SMILES string of the molecule is Cc1nn(-c2ccccc2)c(C)c1CC(=O)Nc1cnn(C(C)C)n1. The van der Waals surface area contributed by atoms with E-state index in [-0.39, 0.29) is 18.4 Å². The number of anilines is 1. The Morgan fingerprint density at radius 3 is 2.52 bits per heavy atom. The molecule has 7 nitrogen and oxygen atoms in total. The zero-order valence-corrected chi connectivity index (χ0v) is 14.9. The highest BCUT2D eigenvalue weighted by Gasteiger charge is 2.16. The monoisotopic (exact) mass is 338 g/mol. The van der Waals surface area contributed by atoms with Crippen LogP contribution in [0.1, 0.15) is 36.8 Å². The summed E-state index contributed by atoms with van der Waals surface area (Å²) in [6.45, 7) is 7.86. The molecule has 0 aliphatic rings. The minimum atomic E-state index is -0.130. The summed E-state index contributed by atoms with van der Waals surface area (Å²) < 4.78 is 1.87. The van der Waals surface area contributed by atoms with E-state index in [1.54, 1.807) is 11.0 Å². The molecule has 0 aliphatic carbocycles. The van der Waals surface area contributed by atoms with Gasteiger partial charge < -0.3 is 5.32 Å². The Morgan fingerprint density at radius 1 is 1.16 bits per heavy atom. The van der Waals surface area contributed by atoms with Gasteiger partial charge >= 0.3 is 0 Å². The van der Waals surface area contributed by atoms with Crippen LogP contribution in [0.25, 0.3) is 5.69 Å². The van der Waals surface area contributed by atoms with Crippen LogP contribution < -0.4 is 5.32 Å². The lowest BCUT2D eigenvalue weighted by Crippen LogP contribution is -2.16. The maximum absolute atomic E-state index is 12.4. The number of carbonyl (C=O) groups excluding carboxylic acids is 1. The molecule has 2 aromatic heterocycles. The van der Waals surface area contributed by atoms with Crippen molar-refractivity contribution in [2.24, 2.45) is 0 Å². The quantitative estimate of drug-likeness (QED) is 0.776. The van der Waals surface area contributed by atoms with Gasteiger partial charge in [0.1, 0.15) is 0 Å². The second-order valence-electron chi connectivity index (χ2n) is 6.27. The van der Waals surface area contributed by atoms with Crippen LogP contribution in [0.4, 0.5) is 5.82 Å². The van der Waals surface area contributed by atoms with E-state index in [0.717, 1.165) is 22.6 Å². The Kier molecular flexibility index (Phi) is 4.65. The molecule has 0 bridgehead atoms. The van der Waals surface area contributed by atoms with E-state index < -0.39 is 0 Å². The molecule has 3 aromatic rings. The molecule has 25 heavy (non-hydrogen) atoms. The number of nitrogens with zero attached hydrogens (tertiary/aromatic N) is 5. The molecule has 0 saturated carbocycles. The van der Waals surface area contributed by atoms with Crippen molar-refractivity contribution < 1.29 is 4.79 Å². The molecule has 3 rings (SSSR count). The predicted octanol–water partition coefficient (Wildman–Crippen LogP) is 2.84. The molecule has 1 amide bonds. The molecule has 7 heteroatoms. The van der Waals surface area contributed by atoms with Crippen molar-refractivity contribution in [1.29, 1.82) is 0 Å². The molecule has 0 radical (unpaired) electrons. The van der Waals surface area contributed by atoms with Crippen molar-refractivity contribution in [3.05, 3.63) is 53.5 Å².